The van der Waals surface area contributed by atoms with Gasteiger partial charge in [-0.15, -0.1) is 24.0 Å². The van der Waals surface area contributed by atoms with E-state index in [0.29, 0.717) is 25.7 Å². The van der Waals surface area contributed by atoms with Gasteiger partial charge in [0.15, 0.2) is 5.96 Å². The molecular weight excluding hydrogens is 497 g/mol. The van der Waals surface area contributed by atoms with Crippen molar-refractivity contribution in [2.24, 2.45) is 4.99 Å². The number of likely N-dealkylation sites (tertiary alicyclic amines) is 1. The second kappa shape index (κ2) is 12.7. The molecule has 1 aromatic rings. The number of nitrogens with zero attached hydrogens (tertiary/aromatic N) is 2. The molecule has 0 spiro atoms. The molecule has 3 rings (SSSR count). The van der Waals surface area contributed by atoms with E-state index in [1.165, 1.54) is 0 Å². The van der Waals surface area contributed by atoms with E-state index in [2.05, 4.69) is 20.9 Å². The highest BCUT2D eigenvalue weighted by molar-refractivity contribution is 14.0. The van der Waals surface area contributed by atoms with Gasteiger partial charge < -0.3 is 25.6 Å². The summed E-state index contributed by atoms with van der Waals surface area (Å²) >= 11 is 0. The molecule has 2 aliphatic heterocycles. The highest BCUT2D eigenvalue weighted by Crippen LogP contribution is 2.16. The van der Waals surface area contributed by atoms with Crippen LogP contribution in [-0.4, -0.2) is 61.6 Å². The number of hydrogen-bond donors (Lipinski definition) is 3. The highest BCUT2D eigenvalue weighted by atomic mass is 127. The summed E-state index contributed by atoms with van der Waals surface area (Å²) in [5.41, 5.74) is 1.71. The van der Waals surface area contributed by atoms with Gasteiger partial charge in [-0.2, -0.15) is 0 Å². The normalized spacial score (nSPS) is 18.6. The first-order valence-electron chi connectivity index (χ1n) is 10.5. The molecule has 2 heterocycles. The van der Waals surface area contributed by atoms with Crippen molar-refractivity contribution in [3.05, 3.63) is 29.8 Å². The number of hydrogen-bond acceptors (Lipinski definition) is 4. The van der Waals surface area contributed by atoms with Gasteiger partial charge in [0, 0.05) is 31.9 Å². The number of ether oxygens (including phenoxy) is 1. The third kappa shape index (κ3) is 7.42. The molecule has 2 aliphatic rings. The Morgan fingerprint density at radius 1 is 1.20 bits per heavy atom. The molecule has 166 valence electrons. The number of rotatable bonds is 7. The smallest absolute Gasteiger partial charge is 0.253 e. The van der Waals surface area contributed by atoms with Crippen molar-refractivity contribution in [2.75, 3.05) is 38.1 Å². The molecule has 1 unspecified atom stereocenters. The number of carbonyl (C=O) groups is 2. The summed E-state index contributed by atoms with van der Waals surface area (Å²) in [4.78, 5) is 30.9. The first kappa shape index (κ1) is 24.4. The lowest BCUT2D eigenvalue weighted by molar-refractivity contribution is -0.129. The molecule has 30 heavy (non-hydrogen) atoms. The summed E-state index contributed by atoms with van der Waals surface area (Å²) in [6, 6.07) is 7.63. The van der Waals surface area contributed by atoms with Crippen LogP contribution in [0.2, 0.25) is 0 Å². The highest BCUT2D eigenvalue weighted by Gasteiger charge is 2.23. The summed E-state index contributed by atoms with van der Waals surface area (Å²) in [7, 11) is 0. The molecule has 0 aromatic heterocycles. The Balaban J connectivity index is 0.00000320. The van der Waals surface area contributed by atoms with Gasteiger partial charge in [0.05, 0.1) is 13.1 Å². The Kier molecular flexibility index (Phi) is 10.4. The van der Waals surface area contributed by atoms with E-state index >= 15 is 0 Å². The zero-order valence-corrected chi connectivity index (χ0v) is 19.8. The van der Waals surface area contributed by atoms with Crippen molar-refractivity contribution in [1.29, 1.82) is 0 Å². The Morgan fingerprint density at radius 2 is 2.00 bits per heavy atom. The molecule has 1 atom stereocenters. The average Bonchev–Trinajstić information content (AvgIpc) is 3.44. The van der Waals surface area contributed by atoms with Crippen LogP contribution in [0, 0.1) is 0 Å². The van der Waals surface area contributed by atoms with Gasteiger partial charge >= 0.3 is 0 Å². The van der Waals surface area contributed by atoms with E-state index in [4.69, 9.17) is 4.74 Å². The van der Waals surface area contributed by atoms with Crippen LogP contribution in [-0.2, 0) is 20.9 Å². The van der Waals surface area contributed by atoms with E-state index in [1.807, 2.05) is 36.1 Å². The minimum atomic E-state index is -0.352. The van der Waals surface area contributed by atoms with Gasteiger partial charge in [0.1, 0.15) is 6.10 Å². The number of benzene rings is 1. The number of guanidine groups is 1. The second-order valence-corrected chi connectivity index (χ2v) is 7.33. The third-order valence-electron chi connectivity index (χ3n) is 5.05. The Bertz CT molecular complexity index is 731. The minimum Gasteiger partial charge on any atom is -0.368 e. The summed E-state index contributed by atoms with van der Waals surface area (Å²) in [6.07, 6.45) is 3.50. The molecular formula is C21H32IN5O3. The predicted octanol–water partition coefficient (Wildman–Crippen LogP) is 2.10. The van der Waals surface area contributed by atoms with Crippen LogP contribution in [0.15, 0.2) is 29.3 Å². The maximum absolute atomic E-state index is 12.2. The Labute approximate surface area is 195 Å². The summed E-state index contributed by atoms with van der Waals surface area (Å²) < 4.78 is 5.42. The summed E-state index contributed by atoms with van der Waals surface area (Å²) in [5, 5.41) is 9.19. The van der Waals surface area contributed by atoms with Gasteiger partial charge in [-0.3, -0.25) is 9.59 Å². The molecule has 8 nitrogen and oxygen atoms in total. The van der Waals surface area contributed by atoms with Crippen molar-refractivity contribution in [1.82, 2.24) is 15.5 Å². The number of carbonyl (C=O) groups excluding carboxylic acids is 2. The molecule has 1 aromatic carbocycles. The largest absolute Gasteiger partial charge is 0.368 e. The van der Waals surface area contributed by atoms with E-state index < -0.39 is 0 Å². The lowest BCUT2D eigenvalue weighted by atomic mass is 10.2. The number of halogens is 1. The van der Waals surface area contributed by atoms with E-state index in [1.54, 1.807) is 0 Å². The van der Waals surface area contributed by atoms with Crippen molar-refractivity contribution in [3.8, 4) is 0 Å². The fraction of sp³-hybridized carbons (Fsp3) is 0.571. The topological polar surface area (TPSA) is 95.1 Å². The van der Waals surface area contributed by atoms with Crippen LogP contribution in [0.25, 0.3) is 0 Å². The minimum absolute atomic E-state index is 0. The van der Waals surface area contributed by atoms with E-state index in [-0.39, 0.29) is 48.4 Å². The molecule has 3 N–H and O–H groups in total. The Hall–Kier alpha value is -1.88. The van der Waals surface area contributed by atoms with E-state index in [0.717, 1.165) is 50.0 Å². The third-order valence-corrected chi connectivity index (χ3v) is 5.05. The van der Waals surface area contributed by atoms with Crippen LogP contribution in [0.3, 0.4) is 0 Å². The lowest BCUT2D eigenvalue weighted by Crippen LogP contribution is -2.44. The van der Waals surface area contributed by atoms with Crippen LogP contribution in [0.5, 0.6) is 0 Å². The maximum Gasteiger partial charge on any atom is 0.253 e. The van der Waals surface area contributed by atoms with Crippen LogP contribution in [0.4, 0.5) is 5.69 Å². The van der Waals surface area contributed by atoms with Crippen molar-refractivity contribution < 1.29 is 14.3 Å². The SMILES string of the molecule is CCNC(=NCc1cccc(NC(=O)C2CCCO2)c1)NCC(=O)N1CCCC1.I. The predicted molar refractivity (Wildman–Crippen MR) is 128 cm³/mol. The zero-order valence-electron chi connectivity index (χ0n) is 17.5. The second-order valence-electron chi connectivity index (χ2n) is 7.33. The van der Waals surface area contributed by atoms with Gasteiger partial charge in [0.25, 0.3) is 5.91 Å². The molecule has 0 radical (unpaired) electrons. The number of aliphatic imine (C=N–C) groups is 1. The monoisotopic (exact) mass is 529 g/mol. The molecule has 0 bridgehead atoms. The van der Waals surface area contributed by atoms with Crippen LogP contribution < -0.4 is 16.0 Å². The Morgan fingerprint density at radius 3 is 2.70 bits per heavy atom. The van der Waals surface area contributed by atoms with Gasteiger partial charge in [0.2, 0.25) is 5.91 Å². The molecule has 0 saturated carbocycles. The zero-order chi connectivity index (χ0) is 20.5. The molecule has 2 amide bonds. The van der Waals surface area contributed by atoms with Gasteiger partial charge in [-0.05, 0) is 50.3 Å². The fourth-order valence-electron chi connectivity index (χ4n) is 3.50. The van der Waals surface area contributed by atoms with Gasteiger partial charge in [-0.1, -0.05) is 12.1 Å². The average molecular weight is 529 g/mol. The fourth-order valence-corrected chi connectivity index (χ4v) is 3.50. The number of amides is 2. The lowest BCUT2D eigenvalue weighted by Gasteiger charge is -2.17. The number of nitrogens with one attached hydrogen (secondary N) is 3. The van der Waals surface area contributed by atoms with E-state index in [9.17, 15) is 9.59 Å². The van der Waals surface area contributed by atoms with Crippen LogP contribution in [0.1, 0.15) is 38.2 Å². The molecule has 9 heteroatoms. The first-order valence-corrected chi connectivity index (χ1v) is 10.5. The standard InChI is InChI=1S/C21H31N5O3.HI/c1-2-22-21(24-15-19(27)26-10-3-4-11-26)23-14-16-7-5-8-17(13-16)25-20(28)18-9-6-12-29-18;/h5,7-8,13,18H,2-4,6,9-12,14-15H2,1H3,(H,25,28)(H2,22,23,24);1H. The van der Waals surface area contributed by atoms with Crippen molar-refractivity contribution in [3.63, 3.8) is 0 Å². The molecule has 2 fully saturated rings. The first-order chi connectivity index (χ1) is 14.2. The summed E-state index contributed by atoms with van der Waals surface area (Å²) in [5.74, 6) is 0.611. The van der Waals surface area contributed by atoms with Gasteiger partial charge in [-0.25, -0.2) is 4.99 Å². The van der Waals surface area contributed by atoms with Crippen molar-refractivity contribution in [2.45, 2.75) is 45.3 Å². The molecule has 0 aliphatic carbocycles. The number of anilines is 1. The quantitative estimate of drug-likeness (QED) is 0.286. The molecule has 2 saturated heterocycles. The van der Waals surface area contributed by atoms with Crippen molar-refractivity contribution >= 4 is 47.4 Å². The summed E-state index contributed by atoms with van der Waals surface area (Å²) in [6.45, 7) is 5.71. The van der Waals surface area contributed by atoms with Crippen LogP contribution >= 0.6 is 24.0 Å². The maximum atomic E-state index is 12.2.